The zero-order chi connectivity index (χ0) is 11.6. The smallest absolute Gasteiger partial charge is 0.194 e. The van der Waals surface area contributed by atoms with E-state index in [-0.39, 0.29) is 5.82 Å². The van der Waals surface area contributed by atoms with E-state index in [1.165, 1.54) is 17.5 Å². The van der Waals surface area contributed by atoms with Crippen LogP contribution in [0.2, 0.25) is 0 Å². The summed E-state index contributed by atoms with van der Waals surface area (Å²) in [6.07, 6.45) is 0.779. The van der Waals surface area contributed by atoms with Crippen molar-refractivity contribution in [3.63, 3.8) is 0 Å². The van der Waals surface area contributed by atoms with Crippen LogP contribution in [0.1, 0.15) is 17.0 Å². The van der Waals surface area contributed by atoms with E-state index in [0.717, 1.165) is 28.2 Å². The maximum absolute atomic E-state index is 13.2. The summed E-state index contributed by atoms with van der Waals surface area (Å²) in [5.74, 6) is -0.169. The maximum atomic E-state index is 13.2. The van der Waals surface area contributed by atoms with Gasteiger partial charge in [-0.1, -0.05) is 0 Å². The molecule has 0 N–H and O–H groups in total. The third-order valence-corrected chi connectivity index (χ3v) is 4.25. The first-order valence-corrected chi connectivity index (χ1v) is 6.36. The van der Waals surface area contributed by atoms with Crippen molar-refractivity contribution < 1.29 is 4.39 Å². The number of hydrogen-bond acceptors (Lipinski definition) is 2. The normalized spacial score (nSPS) is 13.1. The van der Waals surface area contributed by atoms with E-state index in [4.69, 9.17) is 0 Å². The maximum Gasteiger partial charge on any atom is 0.194 e. The van der Waals surface area contributed by atoms with Gasteiger partial charge in [0.1, 0.15) is 5.82 Å². The first kappa shape index (κ1) is 9.36. The van der Waals surface area contributed by atoms with Crippen LogP contribution in [0.3, 0.4) is 0 Å². The van der Waals surface area contributed by atoms with Crippen molar-refractivity contribution in [3.05, 3.63) is 46.3 Å². The molecule has 0 spiro atoms. The first-order valence-electron chi connectivity index (χ1n) is 5.48. The minimum absolute atomic E-state index is 0.169. The molecule has 0 fully saturated rings. The number of benzene rings is 1. The molecule has 84 valence electrons. The van der Waals surface area contributed by atoms with Gasteiger partial charge < -0.3 is 0 Å². The van der Waals surface area contributed by atoms with Gasteiger partial charge in [0.2, 0.25) is 0 Å². The van der Waals surface area contributed by atoms with Crippen LogP contribution in [0.5, 0.6) is 0 Å². The van der Waals surface area contributed by atoms with Crippen LogP contribution in [0.4, 0.5) is 4.39 Å². The van der Waals surface area contributed by atoms with E-state index < -0.39 is 0 Å². The largest absolute Gasteiger partial charge is 0.291 e. The number of aryl methyl sites for hydroxylation is 1. The van der Waals surface area contributed by atoms with E-state index in [9.17, 15) is 4.39 Å². The molecule has 2 nitrogen and oxygen atoms in total. The number of rotatable bonds is 0. The summed E-state index contributed by atoms with van der Waals surface area (Å²) in [5, 5.41) is 2.10. The Kier molecular flexibility index (Phi) is 1.63. The molecule has 1 aliphatic carbocycles. The van der Waals surface area contributed by atoms with E-state index in [1.807, 2.05) is 6.07 Å². The summed E-state index contributed by atoms with van der Waals surface area (Å²) in [6, 6.07) is 4.96. The molecule has 0 aliphatic heterocycles. The van der Waals surface area contributed by atoms with Crippen molar-refractivity contribution in [1.82, 2.24) is 9.38 Å². The highest BCUT2D eigenvalue weighted by Crippen LogP contribution is 2.38. The molecule has 0 atom stereocenters. The molecule has 4 heteroatoms. The second-order valence-corrected chi connectivity index (χ2v) is 5.22. The van der Waals surface area contributed by atoms with Crippen molar-refractivity contribution in [2.24, 2.45) is 0 Å². The van der Waals surface area contributed by atoms with Gasteiger partial charge in [0.25, 0.3) is 0 Å². The van der Waals surface area contributed by atoms with Gasteiger partial charge >= 0.3 is 0 Å². The van der Waals surface area contributed by atoms with E-state index in [1.54, 1.807) is 17.4 Å². The fourth-order valence-corrected chi connectivity index (χ4v) is 3.45. The molecular formula is C13H9FN2S. The van der Waals surface area contributed by atoms with E-state index in [0.29, 0.717) is 0 Å². The van der Waals surface area contributed by atoms with Crippen LogP contribution >= 0.6 is 11.3 Å². The second kappa shape index (κ2) is 2.96. The predicted octanol–water partition coefficient (Wildman–Crippen LogP) is 3.41. The topological polar surface area (TPSA) is 17.3 Å². The molecule has 0 unspecified atom stereocenters. The molecule has 1 aromatic carbocycles. The van der Waals surface area contributed by atoms with Gasteiger partial charge in [-0.15, -0.1) is 11.3 Å². The third-order valence-electron chi connectivity index (χ3n) is 3.31. The minimum Gasteiger partial charge on any atom is -0.291 e. The molecule has 2 aromatic heterocycles. The highest BCUT2D eigenvalue weighted by atomic mass is 32.1. The van der Waals surface area contributed by atoms with Gasteiger partial charge in [-0.05, 0) is 30.7 Å². The third kappa shape index (κ3) is 1.11. The molecule has 4 rings (SSSR count). The molecule has 3 aromatic rings. The summed E-state index contributed by atoms with van der Waals surface area (Å²) >= 11 is 1.65. The lowest BCUT2D eigenvalue weighted by Crippen LogP contribution is -1.91. The number of nitrogens with zero attached hydrogens (tertiary/aromatic N) is 2. The number of aromatic nitrogens is 2. The van der Waals surface area contributed by atoms with Crippen LogP contribution in [0.25, 0.3) is 16.2 Å². The second-order valence-electron chi connectivity index (χ2n) is 4.38. The summed E-state index contributed by atoms with van der Waals surface area (Å²) in [4.78, 5) is 5.67. The zero-order valence-electron chi connectivity index (χ0n) is 9.20. The van der Waals surface area contributed by atoms with E-state index >= 15 is 0 Å². The lowest BCUT2D eigenvalue weighted by molar-refractivity contribution is 0.626. The number of halogens is 1. The number of imidazole rings is 1. The van der Waals surface area contributed by atoms with Crippen LogP contribution in [0, 0.1) is 12.7 Å². The lowest BCUT2D eigenvalue weighted by Gasteiger charge is -1.98. The van der Waals surface area contributed by atoms with Crippen LogP contribution in [-0.4, -0.2) is 9.38 Å². The fourth-order valence-electron chi connectivity index (χ4n) is 2.56. The van der Waals surface area contributed by atoms with Crippen molar-refractivity contribution in [2.75, 3.05) is 0 Å². The monoisotopic (exact) mass is 244 g/mol. The number of hydrogen-bond donors (Lipinski definition) is 0. The molecule has 0 saturated carbocycles. The fraction of sp³-hybridized carbons (Fsp3) is 0.154. The Balaban J connectivity index is 2.07. The molecule has 0 radical (unpaired) electrons. The van der Waals surface area contributed by atoms with Gasteiger partial charge in [0.15, 0.2) is 4.96 Å². The highest BCUT2D eigenvalue weighted by molar-refractivity contribution is 7.15. The van der Waals surface area contributed by atoms with Gasteiger partial charge in [-0.25, -0.2) is 9.37 Å². The van der Waals surface area contributed by atoms with Gasteiger partial charge in [-0.2, -0.15) is 0 Å². The standard InChI is InChI=1S/C13H9FN2S/c1-7-6-17-13-15-12-10-3-2-9(14)4-8(10)5-11(12)16(7)13/h2-4,6H,5H2,1H3. The van der Waals surface area contributed by atoms with Crippen molar-refractivity contribution in [3.8, 4) is 11.3 Å². The van der Waals surface area contributed by atoms with Gasteiger partial charge in [0, 0.05) is 23.1 Å². The first-order chi connectivity index (χ1) is 8.24. The molecule has 1 aliphatic rings. The highest BCUT2D eigenvalue weighted by Gasteiger charge is 2.25. The Labute approximate surface area is 101 Å². The zero-order valence-corrected chi connectivity index (χ0v) is 10.0. The average molecular weight is 244 g/mol. The molecule has 0 bridgehead atoms. The predicted molar refractivity (Wildman–Crippen MR) is 66.0 cm³/mol. The van der Waals surface area contributed by atoms with Crippen LogP contribution < -0.4 is 0 Å². The number of thiazole rings is 1. The average Bonchev–Trinajstić information content (AvgIpc) is 2.89. The van der Waals surface area contributed by atoms with Gasteiger partial charge in [-0.3, -0.25) is 4.40 Å². The minimum atomic E-state index is -0.169. The Morgan fingerprint density at radius 3 is 3.18 bits per heavy atom. The van der Waals surface area contributed by atoms with Crippen LogP contribution in [-0.2, 0) is 6.42 Å². The van der Waals surface area contributed by atoms with Crippen LogP contribution in [0.15, 0.2) is 23.6 Å². The molecule has 0 saturated heterocycles. The molecular weight excluding hydrogens is 235 g/mol. The van der Waals surface area contributed by atoms with E-state index in [2.05, 4.69) is 21.7 Å². The lowest BCUT2D eigenvalue weighted by atomic mass is 10.1. The SMILES string of the molecule is Cc1csc2nc3c(n12)Cc1cc(F)ccc1-3. The summed E-state index contributed by atoms with van der Waals surface area (Å²) in [6.45, 7) is 2.08. The summed E-state index contributed by atoms with van der Waals surface area (Å²) in [5.41, 5.74) is 5.54. The number of fused-ring (bicyclic) bond motifs is 5. The van der Waals surface area contributed by atoms with Crippen molar-refractivity contribution in [2.45, 2.75) is 13.3 Å². The Morgan fingerprint density at radius 2 is 2.29 bits per heavy atom. The summed E-state index contributed by atoms with van der Waals surface area (Å²) in [7, 11) is 0. The van der Waals surface area contributed by atoms with Crippen molar-refractivity contribution >= 4 is 16.3 Å². The quantitative estimate of drug-likeness (QED) is 0.463. The van der Waals surface area contributed by atoms with Crippen molar-refractivity contribution in [1.29, 1.82) is 0 Å². The van der Waals surface area contributed by atoms with Gasteiger partial charge in [0.05, 0.1) is 11.4 Å². The Bertz CT molecular complexity index is 754. The summed E-state index contributed by atoms with van der Waals surface area (Å²) < 4.78 is 15.4. The Morgan fingerprint density at radius 1 is 1.41 bits per heavy atom. The Hall–Kier alpha value is -1.68. The molecule has 17 heavy (non-hydrogen) atoms. The molecule has 2 heterocycles. The molecule has 0 amide bonds.